The molecule has 19 heavy (non-hydrogen) atoms. The van der Waals surface area contributed by atoms with E-state index < -0.39 is 0 Å². The molecule has 3 rings (SSSR count). The summed E-state index contributed by atoms with van der Waals surface area (Å²) in [6.07, 6.45) is 2.24. The normalized spacial score (nSPS) is 16.5. The fourth-order valence-corrected chi connectivity index (χ4v) is 2.75. The highest BCUT2D eigenvalue weighted by atomic mass is 32.2. The first-order valence-electron chi connectivity index (χ1n) is 6.55. The lowest BCUT2D eigenvalue weighted by atomic mass is 10.2. The summed E-state index contributed by atoms with van der Waals surface area (Å²) in [7, 11) is 0. The number of aromatic nitrogens is 2. The summed E-state index contributed by atoms with van der Waals surface area (Å²) in [5.41, 5.74) is 3.17. The van der Waals surface area contributed by atoms with E-state index >= 15 is 0 Å². The molecule has 100 valence electrons. The molecule has 1 heterocycles. The number of nitrogens with zero attached hydrogens (tertiary/aromatic N) is 1. The van der Waals surface area contributed by atoms with Crippen molar-refractivity contribution in [3.8, 4) is 0 Å². The Labute approximate surface area is 116 Å². The van der Waals surface area contributed by atoms with Crippen molar-refractivity contribution in [2.24, 2.45) is 0 Å². The van der Waals surface area contributed by atoms with Crippen LogP contribution in [0.5, 0.6) is 0 Å². The molecule has 5 heteroatoms. The Hall–Kier alpha value is -1.49. The van der Waals surface area contributed by atoms with Gasteiger partial charge in [0.05, 0.1) is 16.3 Å². The van der Waals surface area contributed by atoms with Gasteiger partial charge in [-0.05, 0) is 44.4 Å². The molecule has 1 aromatic carbocycles. The van der Waals surface area contributed by atoms with Gasteiger partial charge in [-0.15, -0.1) is 0 Å². The number of amides is 1. The van der Waals surface area contributed by atoms with E-state index in [0.717, 1.165) is 29.0 Å². The minimum atomic E-state index is -0.123. The van der Waals surface area contributed by atoms with E-state index in [4.69, 9.17) is 0 Å². The average molecular weight is 275 g/mol. The Morgan fingerprint density at radius 2 is 2.32 bits per heavy atom. The maximum absolute atomic E-state index is 11.9. The third kappa shape index (κ3) is 2.92. The molecule has 4 nitrogen and oxygen atoms in total. The fourth-order valence-electron chi connectivity index (χ4n) is 1.92. The first-order valence-corrected chi connectivity index (χ1v) is 7.43. The van der Waals surface area contributed by atoms with Crippen molar-refractivity contribution < 1.29 is 4.79 Å². The summed E-state index contributed by atoms with van der Waals surface area (Å²) >= 11 is 1.47. The molecule has 1 atom stereocenters. The van der Waals surface area contributed by atoms with Crippen LogP contribution in [0.1, 0.15) is 25.3 Å². The number of carbonyl (C=O) groups is 1. The highest BCUT2D eigenvalue weighted by Gasteiger charge is 2.26. The minimum Gasteiger partial charge on any atom is -0.352 e. The number of hydrogen-bond donors (Lipinski definition) is 2. The SMILES string of the molecule is Cc1ccc2nc(S[C@@H](C)C(=O)NC3CC3)[nH]c2c1. The molecule has 1 aliphatic rings. The number of carbonyl (C=O) groups excluding carboxylic acids is 1. The fraction of sp³-hybridized carbons (Fsp3) is 0.429. The molecule has 2 aromatic rings. The molecule has 1 saturated carbocycles. The van der Waals surface area contributed by atoms with Crippen LogP contribution in [0.4, 0.5) is 0 Å². The van der Waals surface area contributed by atoms with E-state index in [0.29, 0.717) is 6.04 Å². The van der Waals surface area contributed by atoms with Crippen LogP contribution in [-0.4, -0.2) is 27.2 Å². The molecule has 0 radical (unpaired) electrons. The van der Waals surface area contributed by atoms with E-state index in [1.807, 2.05) is 19.1 Å². The summed E-state index contributed by atoms with van der Waals surface area (Å²) in [5.74, 6) is 0.101. The van der Waals surface area contributed by atoms with E-state index in [9.17, 15) is 4.79 Å². The number of benzene rings is 1. The highest BCUT2D eigenvalue weighted by molar-refractivity contribution is 8.00. The van der Waals surface area contributed by atoms with Crippen molar-refractivity contribution in [1.82, 2.24) is 15.3 Å². The van der Waals surface area contributed by atoms with Gasteiger partial charge in [-0.25, -0.2) is 4.98 Å². The smallest absolute Gasteiger partial charge is 0.233 e. The molecule has 0 unspecified atom stereocenters. The minimum absolute atomic E-state index is 0.101. The second-order valence-corrected chi connectivity index (χ2v) is 6.44. The molecule has 2 N–H and O–H groups in total. The summed E-state index contributed by atoms with van der Waals surface area (Å²) in [5, 5.41) is 3.70. The summed E-state index contributed by atoms with van der Waals surface area (Å²) < 4.78 is 0. The number of nitrogens with one attached hydrogen (secondary N) is 2. The molecule has 0 aliphatic heterocycles. The first-order chi connectivity index (χ1) is 9.11. The molecule has 1 amide bonds. The number of aromatic amines is 1. The zero-order valence-electron chi connectivity index (χ0n) is 11.1. The Morgan fingerprint density at radius 3 is 3.05 bits per heavy atom. The molecule has 1 aromatic heterocycles. The third-order valence-corrected chi connectivity index (χ3v) is 4.18. The Kier molecular flexibility index (Phi) is 3.22. The second kappa shape index (κ2) is 4.89. The number of hydrogen-bond acceptors (Lipinski definition) is 3. The Bertz CT molecular complexity index is 618. The third-order valence-electron chi connectivity index (χ3n) is 3.20. The quantitative estimate of drug-likeness (QED) is 0.843. The lowest BCUT2D eigenvalue weighted by Crippen LogP contribution is -2.32. The maximum Gasteiger partial charge on any atom is 0.233 e. The maximum atomic E-state index is 11.9. The van der Waals surface area contributed by atoms with Gasteiger partial charge < -0.3 is 10.3 Å². The largest absolute Gasteiger partial charge is 0.352 e. The van der Waals surface area contributed by atoms with Gasteiger partial charge in [-0.1, -0.05) is 17.8 Å². The molecule has 0 saturated heterocycles. The number of aryl methyl sites for hydroxylation is 1. The standard InChI is InChI=1S/C14H17N3OS/c1-8-3-6-11-12(7-8)17-14(16-11)19-9(2)13(18)15-10-4-5-10/h3,6-7,9-10H,4-5H2,1-2H3,(H,15,18)(H,16,17)/t9-/m0/s1. The van der Waals surface area contributed by atoms with Gasteiger partial charge in [-0.3, -0.25) is 4.79 Å². The van der Waals surface area contributed by atoms with Crippen LogP contribution < -0.4 is 5.32 Å². The van der Waals surface area contributed by atoms with Crippen LogP contribution >= 0.6 is 11.8 Å². The van der Waals surface area contributed by atoms with E-state index in [1.165, 1.54) is 17.3 Å². The monoisotopic (exact) mass is 275 g/mol. The summed E-state index contributed by atoms with van der Waals surface area (Å²) in [6.45, 7) is 3.97. The number of rotatable bonds is 4. The predicted octanol–water partition coefficient (Wildman–Crippen LogP) is 2.63. The molecular formula is C14H17N3OS. The molecule has 1 fully saturated rings. The summed E-state index contributed by atoms with van der Waals surface area (Å²) in [4.78, 5) is 19.7. The summed E-state index contributed by atoms with van der Waals surface area (Å²) in [6, 6.07) is 6.52. The van der Waals surface area contributed by atoms with Crippen molar-refractivity contribution in [1.29, 1.82) is 0 Å². The zero-order chi connectivity index (χ0) is 13.4. The van der Waals surface area contributed by atoms with Gasteiger partial charge in [0.25, 0.3) is 0 Å². The van der Waals surface area contributed by atoms with Crippen molar-refractivity contribution in [3.63, 3.8) is 0 Å². The topological polar surface area (TPSA) is 57.8 Å². The van der Waals surface area contributed by atoms with E-state index in [2.05, 4.69) is 28.3 Å². The average Bonchev–Trinajstić information content (AvgIpc) is 3.08. The molecule has 0 spiro atoms. The lowest BCUT2D eigenvalue weighted by molar-refractivity contribution is -0.120. The Balaban J connectivity index is 1.71. The second-order valence-electron chi connectivity index (χ2n) is 5.11. The molecule has 1 aliphatic carbocycles. The molecule has 0 bridgehead atoms. The van der Waals surface area contributed by atoms with Gasteiger partial charge >= 0.3 is 0 Å². The van der Waals surface area contributed by atoms with Gasteiger partial charge in [0.1, 0.15) is 0 Å². The van der Waals surface area contributed by atoms with Crippen molar-refractivity contribution in [2.75, 3.05) is 0 Å². The number of fused-ring (bicyclic) bond motifs is 1. The van der Waals surface area contributed by atoms with E-state index in [-0.39, 0.29) is 11.2 Å². The van der Waals surface area contributed by atoms with E-state index in [1.54, 1.807) is 0 Å². The van der Waals surface area contributed by atoms with Crippen LogP contribution in [0.3, 0.4) is 0 Å². The van der Waals surface area contributed by atoms with Crippen molar-refractivity contribution in [2.45, 2.75) is 43.1 Å². The van der Waals surface area contributed by atoms with Crippen LogP contribution in [0, 0.1) is 6.92 Å². The lowest BCUT2D eigenvalue weighted by Gasteiger charge is -2.09. The van der Waals surface area contributed by atoms with Crippen LogP contribution in [-0.2, 0) is 4.79 Å². The van der Waals surface area contributed by atoms with Gasteiger partial charge in [0.15, 0.2) is 5.16 Å². The molecular weight excluding hydrogens is 258 g/mol. The predicted molar refractivity (Wildman–Crippen MR) is 77.3 cm³/mol. The van der Waals surface area contributed by atoms with Gasteiger partial charge in [0.2, 0.25) is 5.91 Å². The van der Waals surface area contributed by atoms with Crippen molar-refractivity contribution in [3.05, 3.63) is 23.8 Å². The number of imidazole rings is 1. The first kappa shape index (κ1) is 12.5. The zero-order valence-corrected chi connectivity index (χ0v) is 11.9. The number of H-pyrrole nitrogens is 1. The van der Waals surface area contributed by atoms with Crippen molar-refractivity contribution >= 4 is 28.7 Å². The van der Waals surface area contributed by atoms with Crippen LogP contribution in [0.2, 0.25) is 0 Å². The number of thioether (sulfide) groups is 1. The van der Waals surface area contributed by atoms with Gasteiger partial charge in [-0.2, -0.15) is 0 Å². The van der Waals surface area contributed by atoms with Gasteiger partial charge in [0, 0.05) is 6.04 Å². The Morgan fingerprint density at radius 1 is 1.53 bits per heavy atom. The van der Waals surface area contributed by atoms with Crippen LogP contribution in [0.25, 0.3) is 11.0 Å². The van der Waals surface area contributed by atoms with Crippen LogP contribution in [0.15, 0.2) is 23.4 Å². The highest BCUT2D eigenvalue weighted by Crippen LogP contribution is 2.25.